The molecule has 5 nitrogen and oxygen atoms in total. The molecule has 1 unspecified atom stereocenters. The summed E-state index contributed by atoms with van der Waals surface area (Å²) < 4.78 is 4.97. The van der Waals surface area contributed by atoms with E-state index in [4.69, 9.17) is 4.74 Å². The van der Waals surface area contributed by atoms with Gasteiger partial charge in [-0.25, -0.2) is 4.79 Å². The maximum absolute atomic E-state index is 12.5. The minimum atomic E-state index is -0.372. The van der Waals surface area contributed by atoms with E-state index in [-0.39, 0.29) is 24.5 Å². The van der Waals surface area contributed by atoms with Gasteiger partial charge in [-0.05, 0) is 48.7 Å². The number of carbonyl (C=O) groups excluding carboxylic acids is 2. The van der Waals surface area contributed by atoms with E-state index < -0.39 is 0 Å². The Balaban J connectivity index is 1.59. The lowest BCUT2D eigenvalue weighted by atomic mass is 9.99. The minimum Gasteiger partial charge on any atom is -0.462 e. The lowest BCUT2D eigenvalue weighted by molar-refractivity contribution is -0.115. The second-order valence-corrected chi connectivity index (χ2v) is 6.88. The number of amides is 1. The molecule has 0 aliphatic heterocycles. The number of rotatable bonds is 9. The van der Waals surface area contributed by atoms with Crippen LogP contribution in [0.3, 0.4) is 0 Å². The van der Waals surface area contributed by atoms with Gasteiger partial charge in [-0.1, -0.05) is 60.7 Å². The number of nitrogens with one attached hydrogen (secondary N) is 2. The average molecular weight is 402 g/mol. The quantitative estimate of drug-likeness (QED) is 0.522. The average Bonchev–Trinajstić information content (AvgIpc) is 2.78. The van der Waals surface area contributed by atoms with Crippen molar-refractivity contribution in [2.75, 3.05) is 18.5 Å². The van der Waals surface area contributed by atoms with Crippen LogP contribution < -0.4 is 10.6 Å². The van der Waals surface area contributed by atoms with E-state index >= 15 is 0 Å². The minimum absolute atomic E-state index is 0.0190. The van der Waals surface area contributed by atoms with Gasteiger partial charge in [-0.2, -0.15) is 0 Å². The molecule has 30 heavy (non-hydrogen) atoms. The fraction of sp³-hybridized carbons (Fsp3) is 0.200. The molecular formula is C25H26N2O3. The molecule has 3 rings (SSSR count). The van der Waals surface area contributed by atoms with E-state index in [1.54, 1.807) is 31.2 Å². The van der Waals surface area contributed by atoms with Crippen molar-refractivity contribution in [3.8, 4) is 0 Å². The molecule has 0 aliphatic carbocycles. The number of anilines is 1. The highest BCUT2D eigenvalue weighted by Gasteiger charge is 2.14. The summed E-state index contributed by atoms with van der Waals surface area (Å²) in [5.41, 5.74) is 3.43. The highest BCUT2D eigenvalue weighted by Crippen LogP contribution is 2.18. The largest absolute Gasteiger partial charge is 0.462 e. The first-order valence-electron chi connectivity index (χ1n) is 10.0. The molecule has 0 aliphatic rings. The monoisotopic (exact) mass is 402 g/mol. The van der Waals surface area contributed by atoms with Crippen LogP contribution in [-0.4, -0.2) is 25.0 Å². The maximum Gasteiger partial charge on any atom is 0.338 e. The first kappa shape index (κ1) is 21.3. The molecular weight excluding hydrogens is 376 g/mol. The summed E-state index contributed by atoms with van der Waals surface area (Å²) in [6, 6.07) is 27.0. The number of carbonyl (C=O) groups is 2. The van der Waals surface area contributed by atoms with E-state index in [2.05, 4.69) is 34.9 Å². The zero-order chi connectivity index (χ0) is 21.2. The summed E-state index contributed by atoms with van der Waals surface area (Å²) in [6.45, 7) is 2.26. The van der Waals surface area contributed by atoms with E-state index in [1.165, 1.54) is 5.56 Å². The first-order chi connectivity index (χ1) is 14.7. The fourth-order valence-corrected chi connectivity index (χ4v) is 3.17. The van der Waals surface area contributed by atoms with Gasteiger partial charge in [0.15, 0.2) is 0 Å². The standard InChI is InChI=1S/C25H26N2O3/c1-2-30-25(29)21-13-15-22(16-14-21)27-24(28)18-26-23(20-11-7-4-8-12-20)17-19-9-5-3-6-10-19/h3-16,23,26H,2,17-18H2,1H3,(H,27,28). The predicted molar refractivity (Wildman–Crippen MR) is 118 cm³/mol. The zero-order valence-corrected chi connectivity index (χ0v) is 17.0. The summed E-state index contributed by atoms with van der Waals surface area (Å²) in [4.78, 5) is 24.2. The van der Waals surface area contributed by atoms with E-state index in [0.717, 1.165) is 12.0 Å². The highest BCUT2D eigenvalue weighted by molar-refractivity contribution is 5.94. The number of hydrogen-bond donors (Lipinski definition) is 2. The summed E-state index contributed by atoms with van der Waals surface area (Å²) in [5.74, 6) is -0.517. The van der Waals surface area contributed by atoms with E-state index in [9.17, 15) is 9.59 Å². The SMILES string of the molecule is CCOC(=O)c1ccc(NC(=O)CNC(Cc2ccccc2)c2ccccc2)cc1. The van der Waals surface area contributed by atoms with Crippen molar-refractivity contribution >= 4 is 17.6 Å². The number of ether oxygens (including phenoxy) is 1. The lowest BCUT2D eigenvalue weighted by Gasteiger charge is -2.19. The normalized spacial score (nSPS) is 11.5. The fourth-order valence-electron chi connectivity index (χ4n) is 3.17. The lowest BCUT2D eigenvalue weighted by Crippen LogP contribution is -2.32. The Kier molecular flexibility index (Phi) is 7.75. The van der Waals surface area contributed by atoms with E-state index in [1.807, 2.05) is 36.4 Å². The molecule has 0 fully saturated rings. The Morgan fingerprint density at radius 2 is 1.50 bits per heavy atom. The van der Waals surface area contributed by atoms with Crippen molar-refractivity contribution in [1.29, 1.82) is 0 Å². The Labute approximate surface area is 177 Å². The van der Waals surface area contributed by atoms with Gasteiger partial charge in [0.2, 0.25) is 5.91 Å². The molecule has 154 valence electrons. The van der Waals surface area contributed by atoms with Crippen molar-refractivity contribution in [3.05, 3.63) is 102 Å². The van der Waals surface area contributed by atoms with Gasteiger partial charge >= 0.3 is 5.97 Å². The number of benzene rings is 3. The summed E-state index contributed by atoms with van der Waals surface area (Å²) >= 11 is 0. The summed E-state index contributed by atoms with van der Waals surface area (Å²) in [6.07, 6.45) is 0.784. The van der Waals surface area contributed by atoms with Crippen LogP contribution in [-0.2, 0) is 16.0 Å². The van der Waals surface area contributed by atoms with Gasteiger partial charge in [-0.15, -0.1) is 0 Å². The van der Waals surface area contributed by atoms with E-state index in [0.29, 0.717) is 17.9 Å². The van der Waals surface area contributed by atoms with Gasteiger partial charge in [0.25, 0.3) is 0 Å². The molecule has 1 atom stereocenters. The Bertz CT molecular complexity index is 941. The Hall–Kier alpha value is -3.44. The first-order valence-corrected chi connectivity index (χ1v) is 10.0. The predicted octanol–water partition coefficient (Wildman–Crippen LogP) is 4.38. The summed E-state index contributed by atoms with van der Waals surface area (Å²) in [5, 5.41) is 6.22. The second-order valence-electron chi connectivity index (χ2n) is 6.88. The molecule has 3 aromatic carbocycles. The molecule has 0 bridgehead atoms. The molecule has 5 heteroatoms. The molecule has 0 heterocycles. The molecule has 0 spiro atoms. The Morgan fingerprint density at radius 1 is 0.867 bits per heavy atom. The van der Waals surface area contributed by atoms with Gasteiger partial charge in [-0.3, -0.25) is 4.79 Å². The number of hydrogen-bond acceptors (Lipinski definition) is 4. The van der Waals surface area contributed by atoms with Crippen molar-refractivity contribution in [3.63, 3.8) is 0 Å². The molecule has 0 saturated heterocycles. The van der Waals surface area contributed by atoms with Crippen molar-refractivity contribution < 1.29 is 14.3 Å². The zero-order valence-electron chi connectivity index (χ0n) is 17.0. The molecule has 1 amide bonds. The smallest absolute Gasteiger partial charge is 0.338 e. The van der Waals surface area contributed by atoms with Gasteiger partial charge in [0, 0.05) is 11.7 Å². The summed E-state index contributed by atoms with van der Waals surface area (Å²) in [7, 11) is 0. The van der Waals surface area contributed by atoms with Crippen LogP contribution in [0.15, 0.2) is 84.9 Å². The van der Waals surface area contributed by atoms with Gasteiger partial charge in [0.05, 0.1) is 18.7 Å². The molecule has 0 radical (unpaired) electrons. The maximum atomic E-state index is 12.5. The van der Waals surface area contributed by atoms with Crippen LogP contribution in [0.1, 0.15) is 34.5 Å². The third kappa shape index (κ3) is 6.29. The molecule has 0 saturated carbocycles. The van der Waals surface area contributed by atoms with Crippen molar-refractivity contribution in [1.82, 2.24) is 5.32 Å². The molecule has 3 aromatic rings. The van der Waals surface area contributed by atoms with Crippen molar-refractivity contribution in [2.24, 2.45) is 0 Å². The van der Waals surface area contributed by atoms with Crippen LogP contribution in [0.5, 0.6) is 0 Å². The Morgan fingerprint density at radius 3 is 2.13 bits per heavy atom. The van der Waals surface area contributed by atoms with Crippen LogP contribution in [0.2, 0.25) is 0 Å². The van der Waals surface area contributed by atoms with Crippen LogP contribution in [0.4, 0.5) is 5.69 Å². The van der Waals surface area contributed by atoms with Crippen molar-refractivity contribution in [2.45, 2.75) is 19.4 Å². The molecule has 2 N–H and O–H groups in total. The number of esters is 1. The van der Waals surface area contributed by atoms with Gasteiger partial charge < -0.3 is 15.4 Å². The van der Waals surface area contributed by atoms with Crippen LogP contribution in [0.25, 0.3) is 0 Å². The highest BCUT2D eigenvalue weighted by atomic mass is 16.5. The third-order valence-electron chi connectivity index (χ3n) is 4.67. The van der Waals surface area contributed by atoms with Crippen LogP contribution in [0, 0.1) is 0 Å². The van der Waals surface area contributed by atoms with Crippen LogP contribution >= 0.6 is 0 Å². The van der Waals surface area contributed by atoms with Gasteiger partial charge in [0.1, 0.15) is 0 Å². The molecule has 0 aromatic heterocycles. The third-order valence-corrected chi connectivity index (χ3v) is 4.67. The second kappa shape index (κ2) is 10.9. The topological polar surface area (TPSA) is 67.4 Å².